The Hall–Kier alpha value is -1.72. The molecule has 5 nitrogen and oxygen atoms in total. The highest BCUT2D eigenvalue weighted by Crippen LogP contribution is 2.23. The van der Waals surface area contributed by atoms with E-state index >= 15 is 0 Å². The van der Waals surface area contributed by atoms with E-state index in [0.29, 0.717) is 18.3 Å². The van der Waals surface area contributed by atoms with Gasteiger partial charge in [0.05, 0.1) is 12.6 Å². The molecule has 0 saturated carbocycles. The van der Waals surface area contributed by atoms with Crippen LogP contribution in [0.1, 0.15) is 25.8 Å². The van der Waals surface area contributed by atoms with Crippen LogP contribution in [0.2, 0.25) is 0 Å². The second-order valence-electron chi connectivity index (χ2n) is 4.34. The Labute approximate surface area is 112 Å². The van der Waals surface area contributed by atoms with Crippen molar-refractivity contribution in [3.05, 3.63) is 36.2 Å². The van der Waals surface area contributed by atoms with Gasteiger partial charge in [-0.25, -0.2) is 0 Å². The van der Waals surface area contributed by atoms with E-state index in [0.717, 1.165) is 12.1 Å². The second kappa shape index (κ2) is 6.45. The highest BCUT2D eigenvalue weighted by atomic mass is 16.4. The first-order chi connectivity index (χ1) is 9.26. The molecule has 1 atom stereocenters. The van der Waals surface area contributed by atoms with Crippen molar-refractivity contribution >= 4 is 0 Å². The third kappa shape index (κ3) is 3.19. The van der Waals surface area contributed by atoms with Crippen molar-refractivity contribution in [3.63, 3.8) is 0 Å². The maximum absolute atomic E-state index is 9.04. The molecular formula is C14H19N3O2. The predicted molar refractivity (Wildman–Crippen MR) is 72.5 cm³/mol. The minimum Gasteiger partial charge on any atom is -0.419 e. The van der Waals surface area contributed by atoms with E-state index in [1.54, 1.807) is 0 Å². The van der Waals surface area contributed by atoms with E-state index in [4.69, 9.17) is 9.52 Å². The monoisotopic (exact) mass is 261 g/mol. The molecule has 0 aliphatic heterocycles. The molecule has 19 heavy (non-hydrogen) atoms. The highest BCUT2D eigenvalue weighted by Gasteiger charge is 2.20. The summed E-state index contributed by atoms with van der Waals surface area (Å²) in [5.41, 5.74) is 0.915. The number of hydrogen-bond donors (Lipinski definition) is 1. The molecule has 0 bridgehead atoms. The van der Waals surface area contributed by atoms with Gasteiger partial charge in [-0.1, -0.05) is 25.1 Å². The molecule has 102 valence electrons. The van der Waals surface area contributed by atoms with Crippen LogP contribution in [0.25, 0.3) is 11.5 Å². The standard InChI is InChI=1S/C14H19N3O2/c1-3-17(9-10-18)11(2)13-15-16-14(19-13)12-7-5-4-6-8-12/h4-8,11,18H,3,9-10H2,1-2H3. The lowest BCUT2D eigenvalue weighted by atomic mass is 10.2. The van der Waals surface area contributed by atoms with Crippen LogP contribution in [0, 0.1) is 0 Å². The Balaban J connectivity index is 2.16. The first-order valence-corrected chi connectivity index (χ1v) is 6.50. The fourth-order valence-electron chi connectivity index (χ4n) is 2.01. The number of rotatable bonds is 6. The fraction of sp³-hybridized carbons (Fsp3) is 0.429. The van der Waals surface area contributed by atoms with Crippen LogP contribution < -0.4 is 0 Å². The molecule has 0 fully saturated rings. The van der Waals surface area contributed by atoms with E-state index < -0.39 is 0 Å². The molecule has 2 rings (SSSR count). The Kier molecular flexibility index (Phi) is 4.65. The van der Waals surface area contributed by atoms with Gasteiger partial charge in [0.1, 0.15) is 0 Å². The first kappa shape index (κ1) is 13.7. The quantitative estimate of drug-likeness (QED) is 0.863. The van der Waals surface area contributed by atoms with E-state index in [9.17, 15) is 0 Å². The Morgan fingerprint density at radius 3 is 2.63 bits per heavy atom. The molecular weight excluding hydrogens is 242 g/mol. The van der Waals surface area contributed by atoms with E-state index in [1.165, 1.54) is 0 Å². The van der Waals surface area contributed by atoms with Gasteiger partial charge in [0.15, 0.2) is 0 Å². The number of aliphatic hydroxyl groups excluding tert-OH is 1. The number of likely N-dealkylation sites (N-methyl/N-ethyl adjacent to an activating group) is 1. The Bertz CT molecular complexity index is 498. The summed E-state index contributed by atoms with van der Waals surface area (Å²) in [4.78, 5) is 2.09. The Morgan fingerprint density at radius 1 is 1.26 bits per heavy atom. The molecule has 0 aliphatic rings. The van der Waals surface area contributed by atoms with Crippen molar-refractivity contribution in [2.45, 2.75) is 19.9 Å². The molecule has 0 aliphatic carbocycles. The number of aliphatic hydroxyl groups is 1. The Morgan fingerprint density at radius 2 is 2.00 bits per heavy atom. The molecule has 2 aromatic rings. The number of aromatic nitrogens is 2. The number of hydrogen-bond acceptors (Lipinski definition) is 5. The molecule has 0 saturated heterocycles. The topological polar surface area (TPSA) is 62.4 Å². The van der Waals surface area contributed by atoms with Crippen LogP contribution >= 0.6 is 0 Å². The van der Waals surface area contributed by atoms with Gasteiger partial charge in [-0.15, -0.1) is 10.2 Å². The molecule has 0 radical (unpaired) electrons. The lowest BCUT2D eigenvalue weighted by molar-refractivity contribution is 0.149. The summed E-state index contributed by atoms with van der Waals surface area (Å²) in [6.07, 6.45) is 0. The van der Waals surface area contributed by atoms with Crippen molar-refractivity contribution in [1.82, 2.24) is 15.1 Å². The van der Waals surface area contributed by atoms with Crippen LogP contribution in [-0.2, 0) is 0 Å². The normalized spacial score (nSPS) is 12.8. The van der Waals surface area contributed by atoms with E-state index in [1.807, 2.05) is 44.2 Å². The van der Waals surface area contributed by atoms with Gasteiger partial charge in [0.25, 0.3) is 0 Å². The average Bonchev–Trinajstić information content (AvgIpc) is 2.95. The summed E-state index contributed by atoms with van der Waals surface area (Å²) in [5, 5.41) is 17.2. The van der Waals surface area contributed by atoms with Gasteiger partial charge in [-0.2, -0.15) is 0 Å². The third-order valence-corrected chi connectivity index (χ3v) is 3.16. The van der Waals surface area contributed by atoms with E-state index in [2.05, 4.69) is 15.1 Å². The molecule has 1 unspecified atom stereocenters. The molecule has 1 aromatic carbocycles. The minimum absolute atomic E-state index is 0.00196. The summed E-state index contributed by atoms with van der Waals surface area (Å²) < 4.78 is 5.72. The summed E-state index contributed by atoms with van der Waals surface area (Å²) in [5.74, 6) is 1.11. The van der Waals surface area contributed by atoms with Crippen LogP contribution in [0.3, 0.4) is 0 Å². The summed E-state index contributed by atoms with van der Waals surface area (Å²) in [7, 11) is 0. The molecule has 1 heterocycles. The van der Waals surface area contributed by atoms with Crippen molar-refractivity contribution in [2.75, 3.05) is 19.7 Å². The van der Waals surface area contributed by atoms with Gasteiger partial charge < -0.3 is 9.52 Å². The van der Waals surface area contributed by atoms with Crippen LogP contribution in [0.4, 0.5) is 0 Å². The lowest BCUT2D eigenvalue weighted by Crippen LogP contribution is -2.29. The number of nitrogens with zero attached hydrogens (tertiary/aromatic N) is 3. The molecule has 1 N–H and O–H groups in total. The van der Waals surface area contributed by atoms with Crippen molar-refractivity contribution in [3.8, 4) is 11.5 Å². The summed E-state index contributed by atoms with van der Waals surface area (Å²) in [6.45, 7) is 5.59. The summed E-state index contributed by atoms with van der Waals surface area (Å²) >= 11 is 0. The van der Waals surface area contributed by atoms with Gasteiger partial charge >= 0.3 is 0 Å². The van der Waals surface area contributed by atoms with Gasteiger partial charge in [0, 0.05) is 12.1 Å². The average molecular weight is 261 g/mol. The first-order valence-electron chi connectivity index (χ1n) is 6.50. The maximum Gasteiger partial charge on any atom is 0.247 e. The summed E-state index contributed by atoms with van der Waals surface area (Å²) in [6, 6.07) is 9.70. The van der Waals surface area contributed by atoms with Gasteiger partial charge in [-0.05, 0) is 25.6 Å². The lowest BCUT2D eigenvalue weighted by Gasteiger charge is -2.23. The van der Waals surface area contributed by atoms with Crippen molar-refractivity contribution in [1.29, 1.82) is 0 Å². The molecule has 0 spiro atoms. The number of benzene rings is 1. The molecule has 1 aromatic heterocycles. The van der Waals surface area contributed by atoms with Crippen molar-refractivity contribution < 1.29 is 9.52 Å². The van der Waals surface area contributed by atoms with Gasteiger partial charge in [-0.3, -0.25) is 4.90 Å². The van der Waals surface area contributed by atoms with Crippen LogP contribution in [0.5, 0.6) is 0 Å². The predicted octanol–water partition coefficient (Wildman–Crippen LogP) is 2.11. The van der Waals surface area contributed by atoms with E-state index in [-0.39, 0.29) is 12.6 Å². The van der Waals surface area contributed by atoms with Gasteiger partial charge in [0.2, 0.25) is 11.8 Å². The largest absolute Gasteiger partial charge is 0.419 e. The third-order valence-electron chi connectivity index (χ3n) is 3.16. The minimum atomic E-state index is 0.00196. The molecule has 0 amide bonds. The molecule has 5 heteroatoms. The SMILES string of the molecule is CCN(CCO)C(C)c1nnc(-c2ccccc2)o1. The second-order valence-corrected chi connectivity index (χ2v) is 4.34. The fourth-order valence-corrected chi connectivity index (χ4v) is 2.01. The maximum atomic E-state index is 9.04. The zero-order valence-electron chi connectivity index (χ0n) is 11.3. The zero-order chi connectivity index (χ0) is 13.7. The smallest absolute Gasteiger partial charge is 0.247 e. The van der Waals surface area contributed by atoms with Crippen LogP contribution in [0.15, 0.2) is 34.7 Å². The highest BCUT2D eigenvalue weighted by molar-refractivity contribution is 5.51. The zero-order valence-corrected chi connectivity index (χ0v) is 11.3. The van der Waals surface area contributed by atoms with Crippen molar-refractivity contribution in [2.24, 2.45) is 0 Å². The van der Waals surface area contributed by atoms with Crippen LogP contribution in [-0.4, -0.2) is 39.9 Å².